The number of hydrogen-bond acceptors (Lipinski definition) is 5. The largest absolute Gasteiger partial charge is 0.495 e. The lowest BCUT2D eigenvalue weighted by Crippen LogP contribution is -2.14. The number of methoxy groups -OCH3 is 1. The number of ether oxygens (including phenoxy) is 1. The van der Waals surface area contributed by atoms with Gasteiger partial charge in [-0.05, 0) is 30.3 Å². The molecule has 0 aliphatic rings. The van der Waals surface area contributed by atoms with Crippen molar-refractivity contribution in [1.29, 1.82) is 5.26 Å². The maximum Gasteiger partial charge on any atom is 0.267 e. The zero-order valence-electron chi connectivity index (χ0n) is 12.5. The molecule has 0 radical (unpaired) electrons. The Morgan fingerprint density at radius 1 is 1.38 bits per heavy atom. The molecule has 0 spiro atoms. The van der Waals surface area contributed by atoms with Gasteiger partial charge in [-0.1, -0.05) is 23.2 Å². The number of benzene rings is 1. The number of nitriles is 1. The fourth-order valence-corrected chi connectivity index (χ4v) is 2.17. The van der Waals surface area contributed by atoms with Crippen LogP contribution in [-0.4, -0.2) is 18.0 Å². The van der Waals surface area contributed by atoms with Crippen LogP contribution in [0.15, 0.2) is 48.3 Å². The van der Waals surface area contributed by atoms with Gasteiger partial charge in [-0.2, -0.15) is 5.26 Å². The molecule has 24 heavy (non-hydrogen) atoms. The highest BCUT2D eigenvalue weighted by Gasteiger charge is 2.11. The quantitative estimate of drug-likeness (QED) is 0.479. The summed E-state index contributed by atoms with van der Waals surface area (Å²) in [5.74, 6) is -0.107. The first kappa shape index (κ1) is 17.6. The van der Waals surface area contributed by atoms with Crippen LogP contribution >= 0.6 is 23.2 Å². The Hall–Kier alpha value is -2.75. The molecule has 0 saturated heterocycles. The number of pyridine rings is 1. The van der Waals surface area contributed by atoms with Crippen molar-refractivity contribution in [1.82, 2.24) is 4.98 Å². The summed E-state index contributed by atoms with van der Waals surface area (Å²) in [5, 5.41) is 15.1. The van der Waals surface area contributed by atoms with Gasteiger partial charge in [0.1, 0.15) is 17.4 Å². The van der Waals surface area contributed by atoms with Crippen LogP contribution in [0.1, 0.15) is 0 Å². The standard InChI is InChI=1S/C16H12Cl2N4O2/c1-24-14-5-4-11(7-12(14)17)22-16(23)10(8-19)9-21-13-3-2-6-20-15(13)18/h2-7,9,21H,1H3,(H,22,23)/b10-9-. The van der Waals surface area contributed by atoms with Crippen LogP contribution in [0.25, 0.3) is 0 Å². The third kappa shape index (κ3) is 4.38. The number of aromatic nitrogens is 1. The van der Waals surface area contributed by atoms with Crippen LogP contribution in [-0.2, 0) is 4.79 Å². The minimum absolute atomic E-state index is 0.137. The van der Waals surface area contributed by atoms with E-state index in [1.807, 2.05) is 6.07 Å². The van der Waals surface area contributed by atoms with E-state index in [2.05, 4.69) is 15.6 Å². The normalized spacial score (nSPS) is 10.7. The van der Waals surface area contributed by atoms with E-state index in [0.29, 0.717) is 22.1 Å². The van der Waals surface area contributed by atoms with Gasteiger partial charge in [0, 0.05) is 18.1 Å². The number of anilines is 2. The van der Waals surface area contributed by atoms with Gasteiger partial charge in [0.05, 0.1) is 17.8 Å². The van der Waals surface area contributed by atoms with E-state index in [1.54, 1.807) is 24.3 Å². The number of halogens is 2. The molecule has 122 valence electrons. The molecule has 1 aromatic carbocycles. The lowest BCUT2D eigenvalue weighted by Gasteiger charge is -2.08. The number of carbonyl (C=O) groups is 1. The summed E-state index contributed by atoms with van der Waals surface area (Å²) in [4.78, 5) is 16.0. The molecular weight excluding hydrogens is 351 g/mol. The zero-order valence-corrected chi connectivity index (χ0v) is 14.0. The molecule has 0 atom stereocenters. The number of carbonyl (C=O) groups excluding carboxylic acids is 1. The summed E-state index contributed by atoms with van der Waals surface area (Å²) in [7, 11) is 1.49. The average Bonchev–Trinajstić information content (AvgIpc) is 2.57. The minimum Gasteiger partial charge on any atom is -0.495 e. The van der Waals surface area contributed by atoms with Crippen molar-refractivity contribution < 1.29 is 9.53 Å². The van der Waals surface area contributed by atoms with Crippen molar-refractivity contribution in [3.05, 3.63) is 58.5 Å². The lowest BCUT2D eigenvalue weighted by molar-refractivity contribution is -0.112. The van der Waals surface area contributed by atoms with E-state index in [-0.39, 0.29) is 10.7 Å². The van der Waals surface area contributed by atoms with Crippen molar-refractivity contribution in [2.24, 2.45) is 0 Å². The summed E-state index contributed by atoms with van der Waals surface area (Å²) in [6.45, 7) is 0. The fraction of sp³-hybridized carbons (Fsp3) is 0.0625. The fourth-order valence-electron chi connectivity index (χ4n) is 1.73. The number of nitrogens with one attached hydrogen (secondary N) is 2. The summed E-state index contributed by atoms with van der Waals surface area (Å²) in [5.41, 5.74) is 0.778. The second kappa shape index (κ2) is 8.20. The van der Waals surface area contributed by atoms with Crippen LogP contribution < -0.4 is 15.4 Å². The van der Waals surface area contributed by atoms with Crippen molar-refractivity contribution >= 4 is 40.5 Å². The van der Waals surface area contributed by atoms with Crippen molar-refractivity contribution in [3.8, 4) is 11.8 Å². The third-order valence-corrected chi connectivity index (χ3v) is 3.50. The van der Waals surface area contributed by atoms with Gasteiger partial charge in [0.25, 0.3) is 5.91 Å². The molecule has 2 rings (SSSR count). The first-order valence-corrected chi connectivity index (χ1v) is 7.43. The van der Waals surface area contributed by atoms with Gasteiger partial charge in [-0.15, -0.1) is 0 Å². The summed E-state index contributed by atoms with van der Waals surface area (Å²) < 4.78 is 5.04. The molecule has 0 bridgehead atoms. The Bertz CT molecular complexity index is 831. The van der Waals surface area contributed by atoms with E-state index >= 15 is 0 Å². The van der Waals surface area contributed by atoms with E-state index in [1.165, 1.54) is 25.6 Å². The van der Waals surface area contributed by atoms with Gasteiger partial charge < -0.3 is 15.4 Å². The Balaban J connectivity index is 2.12. The van der Waals surface area contributed by atoms with E-state index in [0.717, 1.165) is 0 Å². The molecule has 0 unspecified atom stereocenters. The second-order valence-electron chi connectivity index (χ2n) is 4.46. The van der Waals surface area contributed by atoms with Gasteiger partial charge in [0.2, 0.25) is 0 Å². The predicted octanol–water partition coefficient (Wildman–Crippen LogP) is 3.86. The number of hydrogen-bond donors (Lipinski definition) is 2. The Labute approximate surface area is 148 Å². The zero-order chi connectivity index (χ0) is 17.5. The van der Waals surface area contributed by atoms with Gasteiger partial charge in [-0.25, -0.2) is 4.98 Å². The van der Waals surface area contributed by atoms with Gasteiger partial charge in [-0.3, -0.25) is 4.79 Å². The maximum absolute atomic E-state index is 12.2. The first-order valence-electron chi connectivity index (χ1n) is 6.67. The third-order valence-electron chi connectivity index (χ3n) is 2.91. The molecular formula is C16H12Cl2N4O2. The van der Waals surface area contributed by atoms with Crippen molar-refractivity contribution in [2.75, 3.05) is 17.7 Å². The lowest BCUT2D eigenvalue weighted by atomic mass is 10.2. The van der Waals surface area contributed by atoms with E-state index < -0.39 is 5.91 Å². The van der Waals surface area contributed by atoms with Crippen LogP contribution in [0.2, 0.25) is 10.2 Å². The van der Waals surface area contributed by atoms with Gasteiger partial charge in [0.15, 0.2) is 5.15 Å². The van der Waals surface area contributed by atoms with E-state index in [9.17, 15) is 4.79 Å². The van der Waals surface area contributed by atoms with Crippen LogP contribution in [0.5, 0.6) is 5.75 Å². The van der Waals surface area contributed by atoms with Gasteiger partial charge >= 0.3 is 0 Å². The monoisotopic (exact) mass is 362 g/mol. The minimum atomic E-state index is -0.591. The van der Waals surface area contributed by atoms with E-state index in [4.69, 9.17) is 33.2 Å². The molecule has 8 heteroatoms. The Kier molecular flexibility index (Phi) is 6.01. The molecule has 2 N–H and O–H groups in total. The molecule has 0 aliphatic heterocycles. The van der Waals surface area contributed by atoms with Crippen LogP contribution in [0, 0.1) is 11.3 Å². The van der Waals surface area contributed by atoms with Crippen LogP contribution in [0.3, 0.4) is 0 Å². The van der Waals surface area contributed by atoms with Crippen LogP contribution in [0.4, 0.5) is 11.4 Å². The Morgan fingerprint density at radius 2 is 2.17 bits per heavy atom. The summed E-state index contributed by atoms with van der Waals surface area (Å²) >= 11 is 11.9. The first-order chi connectivity index (χ1) is 11.5. The highest BCUT2D eigenvalue weighted by molar-refractivity contribution is 6.32. The predicted molar refractivity (Wildman–Crippen MR) is 93.2 cm³/mol. The number of rotatable bonds is 5. The van der Waals surface area contributed by atoms with Crippen molar-refractivity contribution in [2.45, 2.75) is 0 Å². The molecule has 0 fully saturated rings. The molecule has 1 heterocycles. The molecule has 2 aromatic rings. The summed E-state index contributed by atoms with van der Waals surface area (Å²) in [6, 6.07) is 9.91. The SMILES string of the molecule is COc1ccc(NC(=O)/C(C#N)=C\Nc2cccnc2Cl)cc1Cl. The highest BCUT2D eigenvalue weighted by Crippen LogP contribution is 2.27. The Morgan fingerprint density at radius 3 is 2.79 bits per heavy atom. The summed E-state index contributed by atoms with van der Waals surface area (Å²) in [6.07, 6.45) is 2.78. The molecule has 0 saturated carbocycles. The second-order valence-corrected chi connectivity index (χ2v) is 5.22. The highest BCUT2D eigenvalue weighted by atomic mass is 35.5. The number of nitrogens with zero attached hydrogens (tertiary/aromatic N) is 2. The maximum atomic E-state index is 12.2. The molecule has 1 amide bonds. The molecule has 0 aliphatic carbocycles. The molecule has 6 nitrogen and oxygen atoms in total. The van der Waals surface area contributed by atoms with Crippen molar-refractivity contribution in [3.63, 3.8) is 0 Å². The topological polar surface area (TPSA) is 87.0 Å². The molecule has 1 aromatic heterocycles. The smallest absolute Gasteiger partial charge is 0.267 e. The average molecular weight is 363 g/mol. The number of amides is 1.